The molecule has 0 aromatic carbocycles. The first-order chi connectivity index (χ1) is 20.4. The van der Waals surface area contributed by atoms with E-state index in [1.807, 2.05) is 0 Å². The molecular formula is C41H80. The largest absolute Gasteiger partial charge is 0.0882 e. The first kappa shape index (κ1) is 40.5. The number of hydrogen-bond donors (Lipinski definition) is 0. The van der Waals surface area contributed by atoms with Gasteiger partial charge in [0.15, 0.2) is 0 Å². The molecule has 0 saturated carbocycles. The highest BCUT2D eigenvalue weighted by Crippen LogP contribution is 2.15. The summed E-state index contributed by atoms with van der Waals surface area (Å²) in [6.07, 6.45) is 59.9. The van der Waals surface area contributed by atoms with Gasteiger partial charge >= 0.3 is 0 Å². The molecule has 0 rings (SSSR count). The average molecular weight is 573 g/mol. The summed E-state index contributed by atoms with van der Waals surface area (Å²) < 4.78 is 0. The van der Waals surface area contributed by atoms with Gasteiger partial charge in [-0.3, -0.25) is 0 Å². The Morgan fingerprint density at radius 2 is 0.415 bits per heavy atom. The average Bonchev–Trinajstić information content (AvgIpc) is 2.98. The molecule has 0 saturated heterocycles. The molecule has 0 aromatic heterocycles. The molecule has 0 heterocycles. The van der Waals surface area contributed by atoms with Crippen LogP contribution >= 0.6 is 0 Å². The molecule has 0 amide bonds. The molecule has 0 unspecified atom stereocenters. The molecule has 0 fully saturated rings. The van der Waals surface area contributed by atoms with Gasteiger partial charge in [-0.1, -0.05) is 231 Å². The van der Waals surface area contributed by atoms with Crippen LogP contribution in [0.15, 0.2) is 24.3 Å². The van der Waals surface area contributed by atoms with Crippen LogP contribution in [0, 0.1) is 0 Å². The minimum Gasteiger partial charge on any atom is -0.0882 e. The van der Waals surface area contributed by atoms with Crippen LogP contribution in [-0.2, 0) is 0 Å². The molecule has 0 aromatic rings. The van der Waals surface area contributed by atoms with Crippen molar-refractivity contribution in [2.24, 2.45) is 0 Å². The summed E-state index contributed by atoms with van der Waals surface area (Å²) in [7, 11) is 0. The molecule has 0 radical (unpaired) electrons. The maximum Gasteiger partial charge on any atom is -0.0169 e. The highest BCUT2D eigenvalue weighted by Gasteiger charge is 1.96. The summed E-state index contributed by atoms with van der Waals surface area (Å²) in [6, 6.07) is 0. The zero-order valence-corrected chi connectivity index (χ0v) is 29.1. The van der Waals surface area contributed by atoms with Crippen molar-refractivity contribution in [1.82, 2.24) is 0 Å². The Morgan fingerprint density at radius 1 is 0.220 bits per heavy atom. The Balaban J connectivity index is 3.14. The van der Waals surface area contributed by atoms with Crippen LogP contribution < -0.4 is 0 Å². The predicted octanol–water partition coefficient (Wildman–Crippen LogP) is 15.8. The van der Waals surface area contributed by atoms with Crippen molar-refractivity contribution in [1.29, 1.82) is 0 Å². The fourth-order valence-corrected chi connectivity index (χ4v) is 6.13. The highest BCUT2D eigenvalue weighted by atomic mass is 14.0. The number of allylic oxidation sites excluding steroid dienone is 4. The quantitative estimate of drug-likeness (QED) is 0.0517. The second-order valence-electron chi connectivity index (χ2n) is 13.4. The third-order valence-corrected chi connectivity index (χ3v) is 9.05. The van der Waals surface area contributed by atoms with Crippen molar-refractivity contribution in [3.05, 3.63) is 24.3 Å². The van der Waals surface area contributed by atoms with Crippen molar-refractivity contribution in [2.75, 3.05) is 0 Å². The van der Waals surface area contributed by atoms with Crippen molar-refractivity contribution in [3.8, 4) is 0 Å². The summed E-state index contributed by atoms with van der Waals surface area (Å²) >= 11 is 0. The standard InChI is InChI=1S/C41H80/c1-3-5-7-9-11-13-15-17-19-21-23-25-27-29-31-33-35-37-39-41-40-38-36-34-32-30-28-26-24-22-20-18-16-14-12-10-8-6-4-2/h37-40H,3-36,41H2,1-2H3. The summed E-state index contributed by atoms with van der Waals surface area (Å²) in [5.41, 5.74) is 0. The van der Waals surface area contributed by atoms with E-state index >= 15 is 0 Å². The summed E-state index contributed by atoms with van der Waals surface area (Å²) in [4.78, 5) is 0. The molecular weight excluding hydrogens is 492 g/mol. The minimum absolute atomic E-state index is 1.14. The lowest BCUT2D eigenvalue weighted by atomic mass is 10.0. The van der Waals surface area contributed by atoms with Crippen LogP contribution in [0.25, 0.3) is 0 Å². The Labute approximate surface area is 262 Å². The van der Waals surface area contributed by atoms with E-state index in [1.54, 1.807) is 0 Å². The summed E-state index contributed by atoms with van der Waals surface area (Å²) in [6.45, 7) is 4.61. The molecule has 0 aliphatic rings. The van der Waals surface area contributed by atoms with Crippen molar-refractivity contribution < 1.29 is 0 Å². The van der Waals surface area contributed by atoms with E-state index < -0.39 is 0 Å². The van der Waals surface area contributed by atoms with Gasteiger partial charge in [-0.15, -0.1) is 0 Å². The first-order valence-electron chi connectivity index (χ1n) is 19.7. The lowest BCUT2D eigenvalue weighted by Crippen LogP contribution is -1.83. The maximum absolute atomic E-state index is 2.42. The topological polar surface area (TPSA) is 0 Å². The van der Waals surface area contributed by atoms with Gasteiger partial charge in [0.1, 0.15) is 0 Å². The Kier molecular flexibility index (Phi) is 39.0. The molecule has 0 bridgehead atoms. The zero-order chi connectivity index (χ0) is 29.6. The van der Waals surface area contributed by atoms with E-state index in [0.717, 1.165) is 6.42 Å². The van der Waals surface area contributed by atoms with Gasteiger partial charge in [0.2, 0.25) is 0 Å². The van der Waals surface area contributed by atoms with Gasteiger partial charge in [0.05, 0.1) is 0 Å². The van der Waals surface area contributed by atoms with Gasteiger partial charge in [-0.05, 0) is 32.1 Å². The zero-order valence-electron chi connectivity index (χ0n) is 29.1. The third-order valence-electron chi connectivity index (χ3n) is 9.05. The normalized spacial score (nSPS) is 12.0. The van der Waals surface area contributed by atoms with Crippen LogP contribution in [-0.4, -0.2) is 0 Å². The van der Waals surface area contributed by atoms with E-state index in [0.29, 0.717) is 0 Å². The van der Waals surface area contributed by atoms with Crippen LogP contribution in [0.1, 0.15) is 239 Å². The van der Waals surface area contributed by atoms with E-state index in [1.165, 1.54) is 218 Å². The summed E-state index contributed by atoms with van der Waals surface area (Å²) in [5.74, 6) is 0. The molecule has 0 spiro atoms. The second-order valence-corrected chi connectivity index (χ2v) is 13.4. The molecule has 244 valence electrons. The Bertz CT molecular complexity index is 442. The minimum atomic E-state index is 1.14. The van der Waals surface area contributed by atoms with Crippen LogP contribution in [0.4, 0.5) is 0 Å². The van der Waals surface area contributed by atoms with Gasteiger partial charge in [-0.2, -0.15) is 0 Å². The Hall–Kier alpha value is -0.520. The molecule has 0 heteroatoms. The maximum atomic E-state index is 2.42. The molecule has 0 nitrogen and oxygen atoms in total. The van der Waals surface area contributed by atoms with Gasteiger partial charge in [0.25, 0.3) is 0 Å². The first-order valence-corrected chi connectivity index (χ1v) is 19.7. The van der Waals surface area contributed by atoms with Gasteiger partial charge < -0.3 is 0 Å². The lowest BCUT2D eigenvalue weighted by molar-refractivity contribution is 0.530. The number of hydrogen-bond acceptors (Lipinski definition) is 0. The van der Waals surface area contributed by atoms with E-state index in [4.69, 9.17) is 0 Å². The van der Waals surface area contributed by atoms with Gasteiger partial charge in [0, 0.05) is 0 Å². The SMILES string of the molecule is CCCCCCCCCCCCCCCCCCC=CCC=CCCCCCCCCCCCCCCCCCC. The smallest absolute Gasteiger partial charge is 0.0169 e. The molecule has 0 aliphatic heterocycles. The molecule has 41 heavy (non-hydrogen) atoms. The van der Waals surface area contributed by atoms with Crippen LogP contribution in [0.5, 0.6) is 0 Å². The Morgan fingerprint density at radius 3 is 0.634 bits per heavy atom. The number of rotatable bonds is 36. The fraction of sp³-hybridized carbons (Fsp3) is 0.902. The third kappa shape index (κ3) is 39.5. The number of unbranched alkanes of at least 4 members (excludes halogenated alkanes) is 32. The monoisotopic (exact) mass is 573 g/mol. The van der Waals surface area contributed by atoms with E-state index in [2.05, 4.69) is 38.2 Å². The van der Waals surface area contributed by atoms with Crippen molar-refractivity contribution >= 4 is 0 Å². The van der Waals surface area contributed by atoms with Crippen LogP contribution in [0.3, 0.4) is 0 Å². The lowest BCUT2D eigenvalue weighted by Gasteiger charge is -2.03. The van der Waals surface area contributed by atoms with Gasteiger partial charge in [-0.25, -0.2) is 0 Å². The second kappa shape index (κ2) is 39.5. The fourth-order valence-electron chi connectivity index (χ4n) is 6.13. The summed E-state index contributed by atoms with van der Waals surface area (Å²) in [5, 5.41) is 0. The van der Waals surface area contributed by atoms with E-state index in [-0.39, 0.29) is 0 Å². The van der Waals surface area contributed by atoms with Crippen molar-refractivity contribution in [3.63, 3.8) is 0 Å². The molecule has 0 aliphatic carbocycles. The molecule has 0 atom stereocenters. The molecule has 0 N–H and O–H groups in total. The van der Waals surface area contributed by atoms with Crippen molar-refractivity contribution in [2.45, 2.75) is 239 Å². The van der Waals surface area contributed by atoms with Crippen LogP contribution in [0.2, 0.25) is 0 Å². The highest BCUT2D eigenvalue weighted by molar-refractivity contribution is 4.92. The van der Waals surface area contributed by atoms with E-state index in [9.17, 15) is 0 Å². The predicted molar refractivity (Wildman–Crippen MR) is 191 cm³/mol.